The van der Waals surface area contributed by atoms with Gasteiger partial charge >= 0.3 is 6.09 Å². The molecule has 5 aromatic rings. The van der Waals surface area contributed by atoms with E-state index in [-0.39, 0.29) is 35.4 Å². The van der Waals surface area contributed by atoms with Gasteiger partial charge in [0.25, 0.3) is 0 Å². The summed E-state index contributed by atoms with van der Waals surface area (Å²) in [7, 11) is 4.37. The molecule has 1 saturated heterocycles. The molecule has 2 amide bonds. The van der Waals surface area contributed by atoms with E-state index in [4.69, 9.17) is 4.74 Å². The Morgan fingerprint density at radius 3 is 2.44 bits per heavy atom. The average Bonchev–Trinajstić information content (AvgIpc) is 3.13. The maximum atomic E-state index is 13.0. The van der Waals surface area contributed by atoms with Crippen LogP contribution in [-0.2, 0) is 16.1 Å². The molecule has 0 aliphatic carbocycles. The number of H-pyrrole nitrogens is 1. The van der Waals surface area contributed by atoms with E-state index in [1.165, 1.54) is 18.2 Å². The summed E-state index contributed by atoms with van der Waals surface area (Å²) in [6, 6.07) is 28.8. The SMILES string of the molecule is C[N+]1(C)CCC(OC(=O)Nc2cc(/C=C/C(=O)Nc3ccc(CNC[C@H](O)c4ccc(O)c5[nH]c(=O)ccc45)cc3)ccc2-c2ccccc2)CC1. The number of quaternary nitrogens is 1. The van der Waals surface area contributed by atoms with Crippen LogP contribution < -0.4 is 21.5 Å². The molecular formula is C41H44N5O6+. The fraction of sp³-hybridized carbons (Fsp3) is 0.244. The lowest BCUT2D eigenvalue weighted by atomic mass is 10.0. The highest BCUT2D eigenvalue weighted by molar-refractivity contribution is 6.02. The standard InChI is InChI=1S/C41H43N5O6/c1-46(2)22-20-31(21-23-46)52-41(51)44-35-24-27(10-14-32(35)29-6-4-3-5-7-29)11-18-38(49)43-30-12-8-28(9-13-30)25-42-26-37(48)33-15-17-36(47)40-34(33)16-19-39(50)45-40/h3-19,24,31,37,42,48H,20-23,25-26H2,1-2H3,(H3-,43,44,45,47,49,50,51)/p+1/b18-11+/t37-/m0/s1. The number of pyridine rings is 1. The number of nitrogens with zero attached hydrogens (tertiary/aromatic N) is 1. The summed E-state index contributed by atoms with van der Waals surface area (Å²) in [5.74, 6) is -0.369. The first kappa shape index (κ1) is 36.1. The Bertz CT molecular complexity index is 2120. The fourth-order valence-electron chi connectivity index (χ4n) is 6.36. The molecule has 1 fully saturated rings. The molecule has 4 aromatic carbocycles. The molecular weight excluding hydrogens is 658 g/mol. The van der Waals surface area contributed by atoms with Crippen LogP contribution >= 0.6 is 0 Å². The van der Waals surface area contributed by atoms with Crippen molar-refractivity contribution in [2.75, 3.05) is 44.4 Å². The molecule has 0 unspecified atom stereocenters. The Kier molecular flexibility index (Phi) is 11.1. The smallest absolute Gasteiger partial charge is 0.411 e. The molecule has 0 spiro atoms. The average molecular weight is 703 g/mol. The Morgan fingerprint density at radius 2 is 1.69 bits per heavy atom. The molecule has 0 bridgehead atoms. The lowest BCUT2D eigenvalue weighted by Crippen LogP contribution is -2.48. The van der Waals surface area contributed by atoms with Gasteiger partial charge in [0.1, 0.15) is 11.9 Å². The largest absolute Gasteiger partial charge is 0.506 e. The zero-order valence-corrected chi connectivity index (χ0v) is 29.3. The number of aliphatic hydroxyl groups is 1. The van der Waals surface area contributed by atoms with Gasteiger partial charge in [-0.25, -0.2) is 4.79 Å². The number of aromatic nitrogens is 1. The number of nitrogens with one attached hydrogen (secondary N) is 4. The Morgan fingerprint density at radius 1 is 0.942 bits per heavy atom. The second-order valence-corrected chi connectivity index (χ2v) is 13.7. The topological polar surface area (TPSA) is 153 Å². The number of phenols is 1. The monoisotopic (exact) mass is 702 g/mol. The molecule has 6 N–H and O–H groups in total. The minimum absolute atomic E-state index is 0.0595. The summed E-state index contributed by atoms with van der Waals surface area (Å²) in [5.41, 5.74) is 5.23. The van der Waals surface area contributed by atoms with E-state index in [1.54, 1.807) is 30.3 Å². The van der Waals surface area contributed by atoms with Crippen LogP contribution in [0.3, 0.4) is 0 Å². The Balaban J connectivity index is 1.04. The zero-order valence-electron chi connectivity index (χ0n) is 29.3. The van der Waals surface area contributed by atoms with Crippen LogP contribution in [0, 0.1) is 0 Å². The third-order valence-corrected chi connectivity index (χ3v) is 9.33. The first-order chi connectivity index (χ1) is 25.0. The minimum Gasteiger partial charge on any atom is -0.506 e. The van der Waals surface area contributed by atoms with Gasteiger partial charge < -0.3 is 35.1 Å². The third-order valence-electron chi connectivity index (χ3n) is 9.33. The molecule has 6 rings (SSSR count). The molecule has 2 heterocycles. The normalized spacial score (nSPS) is 15.0. The number of ether oxygens (including phenoxy) is 1. The van der Waals surface area contributed by atoms with Gasteiger partial charge in [-0.1, -0.05) is 60.7 Å². The van der Waals surface area contributed by atoms with Crippen LogP contribution in [-0.4, -0.2) is 71.5 Å². The van der Waals surface area contributed by atoms with Gasteiger partial charge in [-0.3, -0.25) is 14.9 Å². The molecule has 11 nitrogen and oxygen atoms in total. The van der Waals surface area contributed by atoms with Crippen molar-refractivity contribution < 1.29 is 29.0 Å². The summed E-state index contributed by atoms with van der Waals surface area (Å²) in [5, 5.41) is 30.5. The number of aromatic amines is 1. The molecule has 52 heavy (non-hydrogen) atoms. The number of amides is 2. The van der Waals surface area contributed by atoms with E-state index in [2.05, 4.69) is 35.0 Å². The number of benzene rings is 4. The maximum absolute atomic E-state index is 13.0. The number of hydrogen-bond donors (Lipinski definition) is 6. The van der Waals surface area contributed by atoms with Crippen molar-refractivity contribution >= 4 is 40.4 Å². The number of fused-ring (bicyclic) bond motifs is 1. The maximum Gasteiger partial charge on any atom is 0.411 e. The van der Waals surface area contributed by atoms with Crippen LogP contribution in [0.15, 0.2) is 108 Å². The molecule has 268 valence electrons. The van der Waals surface area contributed by atoms with Crippen molar-refractivity contribution in [2.45, 2.75) is 31.6 Å². The number of carbonyl (C=O) groups is 2. The van der Waals surface area contributed by atoms with Crippen LogP contribution in [0.4, 0.5) is 16.2 Å². The van der Waals surface area contributed by atoms with Crippen LogP contribution in [0.5, 0.6) is 5.75 Å². The molecule has 11 heteroatoms. The predicted octanol–water partition coefficient (Wildman–Crippen LogP) is 6.16. The van der Waals surface area contributed by atoms with Crippen LogP contribution in [0.25, 0.3) is 28.1 Å². The molecule has 0 radical (unpaired) electrons. The highest BCUT2D eigenvalue weighted by Crippen LogP contribution is 2.31. The Labute approximate surface area is 302 Å². The van der Waals surface area contributed by atoms with Crippen molar-refractivity contribution in [1.82, 2.24) is 10.3 Å². The number of carbonyl (C=O) groups excluding carboxylic acids is 2. The van der Waals surface area contributed by atoms with E-state index in [0.717, 1.165) is 52.7 Å². The van der Waals surface area contributed by atoms with E-state index >= 15 is 0 Å². The number of aromatic hydroxyl groups is 1. The van der Waals surface area contributed by atoms with Crippen molar-refractivity contribution in [3.8, 4) is 16.9 Å². The Hall–Kier alpha value is -5.75. The molecule has 1 aliphatic heterocycles. The first-order valence-corrected chi connectivity index (χ1v) is 17.3. The van der Waals surface area contributed by atoms with Crippen LogP contribution in [0.2, 0.25) is 0 Å². The second kappa shape index (κ2) is 16.1. The summed E-state index contributed by atoms with van der Waals surface area (Å²) in [6.07, 6.45) is 3.29. The summed E-state index contributed by atoms with van der Waals surface area (Å²) in [4.78, 5) is 40.1. The lowest BCUT2D eigenvalue weighted by molar-refractivity contribution is -0.896. The van der Waals surface area contributed by atoms with Crippen molar-refractivity contribution in [3.05, 3.63) is 130 Å². The number of rotatable bonds is 11. The molecule has 0 saturated carbocycles. The number of hydrogen-bond acceptors (Lipinski definition) is 7. The molecule has 1 atom stereocenters. The lowest BCUT2D eigenvalue weighted by Gasteiger charge is -2.36. The number of anilines is 2. The van der Waals surface area contributed by atoms with Crippen molar-refractivity contribution in [1.29, 1.82) is 0 Å². The molecule has 1 aromatic heterocycles. The van der Waals surface area contributed by atoms with Gasteiger partial charge in [-0.2, -0.15) is 0 Å². The van der Waals surface area contributed by atoms with Crippen molar-refractivity contribution in [3.63, 3.8) is 0 Å². The quantitative estimate of drug-likeness (QED) is 0.0712. The zero-order chi connectivity index (χ0) is 36.7. The van der Waals surface area contributed by atoms with E-state index in [1.807, 2.05) is 60.7 Å². The number of phenolic OH excluding ortho intramolecular Hbond substituents is 1. The van der Waals surface area contributed by atoms with E-state index in [0.29, 0.717) is 28.9 Å². The van der Waals surface area contributed by atoms with Gasteiger partial charge in [-0.15, -0.1) is 0 Å². The van der Waals surface area contributed by atoms with Gasteiger partial charge in [0.2, 0.25) is 11.5 Å². The van der Waals surface area contributed by atoms with Gasteiger partial charge in [-0.05, 0) is 58.7 Å². The van der Waals surface area contributed by atoms with Gasteiger partial charge in [0, 0.05) is 54.7 Å². The highest BCUT2D eigenvalue weighted by atomic mass is 16.6. The van der Waals surface area contributed by atoms with E-state index < -0.39 is 12.2 Å². The highest BCUT2D eigenvalue weighted by Gasteiger charge is 2.28. The number of aliphatic hydroxyl groups excluding tert-OH is 1. The van der Waals surface area contributed by atoms with Gasteiger partial charge in [0.15, 0.2) is 0 Å². The summed E-state index contributed by atoms with van der Waals surface area (Å²) < 4.78 is 6.71. The predicted molar refractivity (Wildman–Crippen MR) is 204 cm³/mol. The third kappa shape index (κ3) is 9.32. The minimum atomic E-state index is -0.872. The van der Waals surface area contributed by atoms with Gasteiger partial charge in [0.05, 0.1) is 44.5 Å². The van der Waals surface area contributed by atoms with E-state index in [9.17, 15) is 24.6 Å². The number of likely N-dealkylation sites (tertiary alicyclic amines) is 1. The fourth-order valence-corrected chi connectivity index (χ4v) is 6.36. The first-order valence-electron chi connectivity index (χ1n) is 17.3. The summed E-state index contributed by atoms with van der Waals surface area (Å²) >= 11 is 0. The molecule has 1 aliphatic rings. The summed E-state index contributed by atoms with van der Waals surface area (Å²) in [6.45, 7) is 2.62. The second-order valence-electron chi connectivity index (χ2n) is 13.7. The van der Waals surface area contributed by atoms with Crippen molar-refractivity contribution in [2.24, 2.45) is 0 Å². The van der Waals surface area contributed by atoms with Crippen LogP contribution in [0.1, 0.15) is 35.6 Å². The number of piperidine rings is 1.